The van der Waals surface area contributed by atoms with Crippen LogP contribution in [0.4, 0.5) is 5.95 Å². The number of nitrogens with zero attached hydrogens (tertiary/aromatic N) is 4. The van der Waals surface area contributed by atoms with Crippen LogP contribution in [-0.2, 0) is 12.0 Å². The first-order chi connectivity index (χ1) is 16.1. The summed E-state index contributed by atoms with van der Waals surface area (Å²) in [7, 11) is 0. The smallest absolute Gasteiger partial charge is 0.225 e. The van der Waals surface area contributed by atoms with Gasteiger partial charge in [-0.05, 0) is 79.6 Å². The van der Waals surface area contributed by atoms with Crippen molar-refractivity contribution in [2.24, 2.45) is 0 Å². The lowest BCUT2D eigenvalue weighted by Crippen LogP contribution is -2.35. The lowest BCUT2D eigenvalue weighted by atomic mass is 9.60. The van der Waals surface area contributed by atoms with Crippen LogP contribution < -0.4 is 9.64 Å². The minimum absolute atomic E-state index is 0.0846. The Labute approximate surface area is 200 Å². The fraction of sp³-hybridized carbons (Fsp3) is 0.370. The summed E-state index contributed by atoms with van der Waals surface area (Å²) in [5.74, 6) is 1.61. The van der Waals surface area contributed by atoms with Crippen LogP contribution in [0, 0.1) is 18.3 Å². The van der Waals surface area contributed by atoms with Crippen molar-refractivity contribution in [1.82, 2.24) is 9.97 Å². The molecule has 0 N–H and O–H groups in total. The predicted octanol–water partition coefficient (Wildman–Crippen LogP) is 5.96. The first kappa shape index (κ1) is 21.7. The SMILES string of the molecule is Cc1c(Cl)cc(C2(c3ccc(OCc4ccnc(N5CCCC5)n4)cc3)CCC2)cc1C#N. The maximum atomic E-state index is 9.53. The van der Waals surface area contributed by atoms with Crippen molar-refractivity contribution in [3.63, 3.8) is 0 Å². The Hall–Kier alpha value is -3.10. The second kappa shape index (κ2) is 9.03. The van der Waals surface area contributed by atoms with Crippen LogP contribution in [0.25, 0.3) is 0 Å². The molecule has 1 aromatic heterocycles. The second-order valence-electron chi connectivity index (χ2n) is 9.03. The summed E-state index contributed by atoms with van der Waals surface area (Å²) in [6, 6.07) is 16.6. The van der Waals surface area contributed by atoms with Crippen molar-refractivity contribution in [3.8, 4) is 11.8 Å². The van der Waals surface area contributed by atoms with E-state index in [0.29, 0.717) is 17.2 Å². The Morgan fingerprint density at radius 3 is 2.48 bits per heavy atom. The molecular weight excluding hydrogens is 432 g/mol. The summed E-state index contributed by atoms with van der Waals surface area (Å²) in [5.41, 5.74) is 4.66. The molecular formula is C27H27ClN4O. The van der Waals surface area contributed by atoms with E-state index in [2.05, 4.69) is 33.1 Å². The van der Waals surface area contributed by atoms with E-state index in [-0.39, 0.29) is 5.41 Å². The highest BCUT2D eigenvalue weighted by atomic mass is 35.5. The molecule has 0 bridgehead atoms. The molecule has 2 aromatic carbocycles. The van der Waals surface area contributed by atoms with Crippen molar-refractivity contribution in [3.05, 3.63) is 81.6 Å². The molecule has 6 heteroatoms. The first-order valence-corrected chi connectivity index (χ1v) is 12.0. The molecule has 3 aromatic rings. The lowest BCUT2D eigenvalue weighted by Gasteiger charge is -2.43. The monoisotopic (exact) mass is 458 g/mol. The fourth-order valence-electron chi connectivity index (χ4n) is 4.91. The maximum absolute atomic E-state index is 9.53. The number of ether oxygens (including phenoxy) is 1. The highest BCUT2D eigenvalue weighted by Gasteiger charge is 2.40. The molecule has 168 valence electrons. The summed E-state index contributed by atoms with van der Waals surface area (Å²) < 4.78 is 6.03. The van der Waals surface area contributed by atoms with Gasteiger partial charge in [-0.3, -0.25) is 0 Å². The van der Waals surface area contributed by atoms with Crippen molar-refractivity contribution < 1.29 is 4.74 Å². The van der Waals surface area contributed by atoms with Gasteiger partial charge >= 0.3 is 0 Å². The van der Waals surface area contributed by atoms with Gasteiger partial charge < -0.3 is 9.64 Å². The largest absolute Gasteiger partial charge is 0.487 e. The van der Waals surface area contributed by atoms with Crippen LogP contribution in [0.3, 0.4) is 0 Å². The first-order valence-electron chi connectivity index (χ1n) is 11.6. The number of anilines is 1. The van der Waals surface area contributed by atoms with Crippen LogP contribution in [0.2, 0.25) is 5.02 Å². The molecule has 0 atom stereocenters. The third kappa shape index (κ3) is 4.16. The third-order valence-electron chi connectivity index (χ3n) is 7.11. The quantitative estimate of drug-likeness (QED) is 0.456. The normalized spacial score (nSPS) is 16.8. The van der Waals surface area contributed by atoms with E-state index < -0.39 is 0 Å². The average Bonchev–Trinajstić information content (AvgIpc) is 3.35. The topological polar surface area (TPSA) is 62.0 Å². The van der Waals surface area contributed by atoms with E-state index in [9.17, 15) is 5.26 Å². The van der Waals surface area contributed by atoms with E-state index in [1.807, 2.05) is 43.5 Å². The zero-order chi connectivity index (χ0) is 22.8. The van der Waals surface area contributed by atoms with Crippen molar-refractivity contribution in [2.45, 2.75) is 51.0 Å². The number of hydrogen-bond donors (Lipinski definition) is 0. The van der Waals surface area contributed by atoms with Crippen LogP contribution in [0.15, 0.2) is 48.7 Å². The second-order valence-corrected chi connectivity index (χ2v) is 9.44. The lowest BCUT2D eigenvalue weighted by molar-refractivity contribution is 0.294. The maximum Gasteiger partial charge on any atom is 0.225 e. The molecule has 0 radical (unpaired) electrons. The highest BCUT2D eigenvalue weighted by Crippen LogP contribution is 2.50. The Balaban J connectivity index is 1.32. The van der Waals surface area contributed by atoms with Gasteiger partial charge in [0.1, 0.15) is 12.4 Å². The molecule has 1 saturated heterocycles. The van der Waals surface area contributed by atoms with Gasteiger partial charge in [0.05, 0.1) is 17.3 Å². The molecule has 33 heavy (non-hydrogen) atoms. The van der Waals surface area contributed by atoms with E-state index in [0.717, 1.165) is 54.4 Å². The molecule has 2 aliphatic rings. The van der Waals surface area contributed by atoms with Gasteiger partial charge in [0.25, 0.3) is 0 Å². The van der Waals surface area contributed by atoms with Gasteiger partial charge in [-0.15, -0.1) is 0 Å². The van der Waals surface area contributed by atoms with Crippen LogP contribution >= 0.6 is 11.6 Å². The summed E-state index contributed by atoms with van der Waals surface area (Å²) in [5, 5.41) is 10.2. The molecule has 2 fully saturated rings. The van der Waals surface area contributed by atoms with Crippen molar-refractivity contribution in [1.29, 1.82) is 5.26 Å². The minimum Gasteiger partial charge on any atom is -0.487 e. The zero-order valence-electron chi connectivity index (χ0n) is 18.9. The number of rotatable bonds is 6. The number of aromatic nitrogens is 2. The van der Waals surface area contributed by atoms with E-state index in [1.165, 1.54) is 24.8 Å². The molecule has 2 heterocycles. The number of hydrogen-bond acceptors (Lipinski definition) is 5. The van der Waals surface area contributed by atoms with Gasteiger partial charge in [0, 0.05) is 29.7 Å². The number of benzene rings is 2. The van der Waals surface area contributed by atoms with Crippen molar-refractivity contribution >= 4 is 17.5 Å². The Kier molecular flexibility index (Phi) is 5.95. The number of nitriles is 1. The van der Waals surface area contributed by atoms with E-state index in [1.54, 1.807) is 0 Å². The molecule has 0 spiro atoms. The standard InChI is InChI=1S/C27H27ClN4O/c1-19-20(17-29)15-22(16-25(19)28)27(10-4-11-27)21-5-7-24(8-6-21)33-18-23-9-12-30-26(31-23)32-13-2-3-14-32/h5-9,12,15-16H,2-4,10-11,13-14,18H2,1H3. The predicted molar refractivity (Wildman–Crippen MR) is 130 cm³/mol. The fourth-order valence-corrected chi connectivity index (χ4v) is 5.13. The number of halogens is 1. The summed E-state index contributed by atoms with van der Waals surface area (Å²) in [6.07, 6.45) is 7.48. The van der Waals surface area contributed by atoms with E-state index in [4.69, 9.17) is 16.3 Å². The minimum atomic E-state index is -0.0846. The molecule has 5 nitrogen and oxygen atoms in total. The Morgan fingerprint density at radius 2 is 1.82 bits per heavy atom. The van der Waals surface area contributed by atoms with Gasteiger partial charge in [-0.1, -0.05) is 30.2 Å². The van der Waals surface area contributed by atoms with E-state index >= 15 is 0 Å². The zero-order valence-corrected chi connectivity index (χ0v) is 19.6. The van der Waals surface area contributed by atoms with Gasteiger partial charge in [-0.25, -0.2) is 9.97 Å². The van der Waals surface area contributed by atoms with Crippen LogP contribution in [-0.4, -0.2) is 23.1 Å². The Morgan fingerprint density at radius 1 is 1.06 bits per heavy atom. The molecule has 0 amide bonds. The van der Waals surface area contributed by atoms with Gasteiger partial charge in [0.15, 0.2) is 0 Å². The molecule has 1 saturated carbocycles. The van der Waals surface area contributed by atoms with Gasteiger partial charge in [-0.2, -0.15) is 5.26 Å². The molecule has 1 aliphatic carbocycles. The summed E-state index contributed by atoms with van der Waals surface area (Å²) in [6.45, 7) is 4.36. The Bertz CT molecular complexity index is 1190. The summed E-state index contributed by atoms with van der Waals surface area (Å²) in [4.78, 5) is 11.3. The highest BCUT2D eigenvalue weighted by molar-refractivity contribution is 6.31. The van der Waals surface area contributed by atoms with Crippen LogP contribution in [0.5, 0.6) is 5.75 Å². The summed E-state index contributed by atoms with van der Waals surface area (Å²) >= 11 is 6.47. The third-order valence-corrected chi connectivity index (χ3v) is 7.50. The molecule has 0 unspecified atom stereocenters. The molecule has 5 rings (SSSR count). The average molecular weight is 459 g/mol. The molecule has 1 aliphatic heterocycles. The van der Waals surface area contributed by atoms with Crippen LogP contribution in [0.1, 0.15) is 60.1 Å². The van der Waals surface area contributed by atoms with Gasteiger partial charge in [0.2, 0.25) is 5.95 Å². The van der Waals surface area contributed by atoms with Crippen molar-refractivity contribution in [2.75, 3.05) is 18.0 Å².